The third kappa shape index (κ3) is 2.05. The quantitative estimate of drug-likeness (QED) is 0.698. The van der Waals surface area contributed by atoms with Gasteiger partial charge in [-0.15, -0.1) is 0 Å². The predicted molar refractivity (Wildman–Crippen MR) is 51.9 cm³/mol. The van der Waals surface area contributed by atoms with E-state index in [1.807, 2.05) is 19.1 Å². The van der Waals surface area contributed by atoms with Crippen molar-refractivity contribution in [1.29, 1.82) is 5.26 Å². The first-order valence-corrected chi connectivity index (χ1v) is 4.15. The van der Waals surface area contributed by atoms with Crippen LogP contribution in [0, 0.1) is 18.3 Å². The highest BCUT2D eigenvalue weighted by Gasteiger charge is 2.06. The molecule has 0 aromatic heterocycles. The molecule has 68 valence electrons. The van der Waals surface area contributed by atoms with Gasteiger partial charge in [0.15, 0.2) is 0 Å². The number of benzene rings is 1. The topological polar surface area (TPSA) is 75.8 Å². The first-order valence-electron chi connectivity index (χ1n) is 4.15. The summed E-state index contributed by atoms with van der Waals surface area (Å²) < 4.78 is 0. The summed E-state index contributed by atoms with van der Waals surface area (Å²) in [6.45, 7) is 2.36. The highest BCUT2D eigenvalue weighted by atomic mass is 14.7. The van der Waals surface area contributed by atoms with Gasteiger partial charge >= 0.3 is 0 Å². The molecule has 0 heterocycles. The number of nitriles is 1. The Labute approximate surface area is 78.0 Å². The predicted octanol–water partition coefficient (Wildman–Crippen LogP) is 0.825. The van der Waals surface area contributed by atoms with Crippen molar-refractivity contribution >= 4 is 0 Å². The summed E-state index contributed by atoms with van der Waals surface area (Å²) in [4.78, 5) is 0. The molecule has 1 atom stereocenters. The number of nitrogens with zero attached hydrogens (tertiary/aromatic N) is 1. The molecule has 0 radical (unpaired) electrons. The first kappa shape index (κ1) is 9.72. The van der Waals surface area contributed by atoms with E-state index < -0.39 is 0 Å². The van der Waals surface area contributed by atoms with Gasteiger partial charge in [-0.25, -0.2) is 0 Å². The van der Waals surface area contributed by atoms with Crippen molar-refractivity contribution < 1.29 is 0 Å². The van der Waals surface area contributed by atoms with E-state index >= 15 is 0 Å². The summed E-state index contributed by atoms with van der Waals surface area (Å²) in [5.41, 5.74) is 13.9. The average molecular weight is 175 g/mol. The molecule has 0 fully saturated rings. The van der Waals surface area contributed by atoms with Crippen LogP contribution in [0.4, 0.5) is 0 Å². The number of hydrogen-bond acceptors (Lipinski definition) is 3. The van der Waals surface area contributed by atoms with Crippen LogP contribution in [0.15, 0.2) is 18.2 Å². The first-order chi connectivity index (χ1) is 6.19. The summed E-state index contributed by atoms with van der Waals surface area (Å²) in [5, 5.41) is 8.64. The van der Waals surface area contributed by atoms with Gasteiger partial charge in [-0.05, 0) is 30.2 Å². The zero-order chi connectivity index (χ0) is 9.84. The smallest absolute Gasteiger partial charge is 0.0991 e. The molecule has 0 saturated carbocycles. The lowest BCUT2D eigenvalue weighted by molar-refractivity contribution is 0.731. The fourth-order valence-corrected chi connectivity index (χ4v) is 1.29. The van der Waals surface area contributed by atoms with E-state index in [0.29, 0.717) is 12.1 Å². The third-order valence-electron chi connectivity index (χ3n) is 2.05. The molecule has 1 rings (SSSR count). The largest absolute Gasteiger partial charge is 0.329 e. The minimum atomic E-state index is -0.132. The Morgan fingerprint density at radius 2 is 2.23 bits per heavy atom. The van der Waals surface area contributed by atoms with E-state index in [1.54, 1.807) is 6.07 Å². The van der Waals surface area contributed by atoms with Crippen LogP contribution >= 0.6 is 0 Å². The molecule has 0 unspecified atom stereocenters. The fourth-order valence-electron chi connectivity index (χ4n) is 1.29. The van der Waals surface area contributed by atoms with Crippen molar-refractivity contribution in [2.45, 2.75) is 13.0 Å². The van der Waals surface area contributed by atoms with Gasteiger partial charge in [0.2, 0.25) is 0 Å². The molecule has 0 bridgehead atoms. The number of rotatable bonds is 2. The van der Waals surface area contributed by atoms with Crippen LogP contribution in [-0.4, -0.2) is 6.54 Å². The number of hydrogen-bond donors (Lipinski definition) is 2. The van der Waals surface area contributed by atoms with Crippen LogP contribution in [0.1, 0.15) is 22.7 Å². The van der Waals surface area contributed by atoms with E-state index in [-0.39, 0.29) is 6.04 Å². The fraction of sp³-hybridized carbons (Fsp3) is 0.300. The lowest BCUT2D eigenvalue weighted by atomic mass is 10.00. The highest BCUT2D eigenvalue weighted by molar-refractivity contribution is 5.38. The van der Waals surface area contributed by atoms with Crippen LogP contribution in [0.5, 0.6) is 0 Å². The van der Waals surface area contributed by atoms with Crippen molar-refractivity contribution in [3.8, 4) is 6.07 Å². The van der Waals surface area contributed by atoms with Gasteiger partial charge in [0.05, 0.1) is 11.6 Å². The van der Waals surface area contributed by atoms with Gasteiger partial charge in [0, 0.05) is 12.6 Å². The molecule has 1 aromatic rings. The average Bonchev–Trinajstić information content (AvgIpc) is 2.16. The van der Waals surface area contributed by atoms with Gasteiger partial charge in [-0.1, -0.05) is 6.07 Å². The molecular formula is C10H13N3. The van der Waals surface area contributed by atoms with Crippen LogP contribution in [0.25, 0.3) is 0 Å². The van der Waals surface area contributed by atoms with Crippen molar-refractivity contribution in [2.75, 3.05) is 6.54 Å². The summed E-state index contributed by atoms with van der Waals surface area (Å²) in [7, 11) is 0. The van der Waals surface area contributed by atoms with Crippen molar-refractivity contribution in [3.05, 3.63) is 34.9 Å². The Morgan fingerprint density at radius 3 is 2.69 bits per heavy atom. The summed E-state index contributed by atoms with van der Waals surface area (Å²) >= 11 is 0. The second-order valence-electron chi connectivity index (χ2n) is 3.03. The summed E-state index contributed by atoms with van der Waals surface area (Å²) in [5.74, 6) is 0. The molecule has 0 aliphatic heterocycles. The number of nitrogens with two attached hydrogens (primary N) is 2. The van der Waals surface area contributed by atoms with Crippen LogP contribution in [-0.2, 0) is 0 Å². The lowest BCUT2D eigenvalue weighted by Crippen LogP contribution is -2.21. The van der Waals surface area contributed by atoms with Gasteiger partial charge in [0.1, 0.15) is 0 Å². The van der Waals surface area contributed by atoms with Crippen molar-refractivity contribution in [3.63, 3.8) is 0 Å². The third-order valence-corrected chi connectivity index (χ3v) is 2.05. The normalized spacial score (nSPS) is 12.2. The molecule has 0 saturated heterocycles. The van der Waals surface area contributed by atoms with Crippen LogP contribution < -0.4 is 11.5 Å². The minimum Gasteiger partial charge on any atom is -0.329 e. The van der Waals surface area contributed by atoms with E-state index in [0.717, 1.165) is 11.1 Å². The standard InChI is InChI=1S/C10H13N3/c1-7-4-8(5-11)2-3-9(7)10(13)6-12/h2-4,10H,6,12-13H2,1H3/t10-/m1/s1. The van der Waals surface area contributed by atoms with Gasteiger partial charge in [-0.2, -0.15) is 5.26 Å². The zero-order valence-corrected chi connectivity index (χ0v) is 7.62. The number of aryl methyl sites for hydroxylation is 1. The highest BCUT2D eigenvalue weighted by Crippen LogP contribution is 2.15. The van der Waals surface area contributed by atoms with Gasteiger partial charge in [0.25, 0.3) is 0 Å². The second kappa shape index (κ2) is 4.04. The SMILES string of the molecule is Cc1cc(C#N)ccc1[C@H](N)CN. The van der Waals surface area contributed by atoms with Crippen molar-refractivity contribution in [1.82, 2.24) is 0 Å². The molecule has 3 heteroatoms. The maximum absolute atomic E-state index is 8.64. The molecule has 1 aromatic carbocycles. The molecule has 4 N–H and O–H groups in total. The Hall–Kier alpha value is -1.37. The van der Waals surface area contributed by atoms with Gasteiger partial charge in [-0.3, -0.25) is 0 Å². The van der Waals surface area contributed by atoms with Crippen LogP contribution in [0.2, 0.25) is 0 Å². The maximum atomic E-state index is 8.64. The molecule has 0 amide bonds. The Kier molecular flexibility index (Phi) is 3.02. The molecule has 0 aliphatic rings. The van der Waals surface area contributed by atoms with E-state index in [4.69, 9.17) is 16.7 Å². The van der Waals surface area contributed by atoms with E-state index in [2.05, 4.69) is 6.07 Å². The van der Waals surface area contributed by atoms with Gasteiger partial charge < -0.3 is 11.5 Å². The molecular weight excluding hydrogens is 162 g/mol. The maximum Gasteiger partial charge on any atom is 0.0991 e. The van der Waals surface area contributed by atoms with E-state index in [1.165, 1.54) is 0 Å². The summed E-state index contributed by atoms with van der Waals surface area (Å²) in [6.07, 6.45) is 0. The summed E-state index contributed by atoms with van der Waals surface area (Å²) in [6, 6.07) is 7.40. The zero-order valence-electron chi connectivity index (χ0n) is 7.62. The monoisotopic (exact) mass is 175 g/mol. The lowest BCUT2D eigenvalue weighted by Gasteiger charge is -2.12. The Bertz CT molecular complexity index is 339. The van der Waals surface area contributed by atoms with Crippen molar-refractivity contribution in [2.24, 2.45) is 11.5 Å². The van der Waals surface area contributed by atoms with E-state index in [9.17, 15) is 0 Å². The van der Waals surface area contributed by atoms with Crippen LogP contribution in [0.3, 0.4) is 0 Å². The Balaban J connectivity index is 3.07. The second-order valence-corrected chi connectivity index (χ2v) is 3.03. The Morgan fingerprint density at radius 1 is 1.54 bits per heavy atom. The molecule has 13 heavy (non-hydrogen) atoms. The molecule has 0 aliphatic carbocycles. The minimum absolute atomic E-state index is 0.132. The molecule has 0 spiro atoms. The molecule has 3 nitrogen and oxygen atoms in total.